The highest BCUT2D eigenvalue weighted by atomic mass is 14.7. The van der Waals surface area contributed by atoms with Crippen LogP contribution in [0.15, 0.2) is 18.3 Å². The monoisotopic (exact) mass is 190 g/mol. The maximum Gasteiger partial charge on any atom is 0.0479 e. The van der Waals surface area contributed by atoms with Gasteiger partial charge in [0, 0.05) is 24.4 Å². The molecule has 1 saturated carbocycles. The van der Waals surface area contributed by atoms with Gasteiger partial charge < -0.3 is 5.73 Å². The highest BCUT2D eigenvalue weighted by Gasteiger charge is 2.18. The SMILES string of the molecule is NCc1cccnc1C1CCCCC1. The Morgan fingerprint density at radius 3 is 2.79 bits per heavy atom. The Bertz CT molecular complexity index is 290. The average Bonchev–Trinajstić information content (AvgIpc) is 2.30. The van der Waals surface area contributed by atoms with Crippen LogP contribution >= 0.6 is 0 Å². The number of hydrogen-bond donors (Lipinski definition) is 1. The van der Waals surface area contributed by atoms with Crippen LogP contribution in [0.2, 0.25) is 0 Å². The summed E-state index contributed by atoms with van der Waals surface area (Å²) < 4.78 is 0. The highest BCUT2D eigenvalue weighted by molar-refractivity contribution is 5.23. The molecule has 76 valence electrons. The largest absolute Gasteiger partial charge is 0.326 e. The first-order valence-electron chi connectivity index (χ1n) is 5.55. The van der Waals surface area contributed by atoms with Gasteiger partial charge in [-0.1, -0.05) is 25.3 Å². The summed E-state index contributed by atoms with van der Waals surface area (Å²) in [6.07, 6.45) is 8.58. The Labute approximate surface area is 85.5 Å². The first-order chi connectivity index (χ1) is 6.92. The van der Waals surface area contributed by atoms with Crippen LogP contribution in [0.3, 0.4) is 0 Å². The molecule has 1 aromatic rings. The summed E-state index contributed by atoms with van der Waals surface area (Å²) in [6, 6.07) is 4.09. The fourth-order valence-electron chi connectivity index (χ4n) is 2.37. The van der Waals surface area contributed by atoms with Crippen LogP contribution in [-0.4, -0.2) is 4.98 Å². The van der Waals surface area contributed by atoms with Gasteiger partial charge in [0.2, 0.25) is 0 Å². The summed E-state index contributed by atoms with van der Waals surface area (Å²) in [5.41, 5.74) is 8.21. The van der Waals surface area contributed by atoms with Crippen LogP contribution in [0.1, 0.15) is 49.3 Å². The first-order valence-corrected chi connectivity index (χ1v) is 5.55. The molecule has 0 spiro atoms. The van der Waals surface area contributed by atoms with E-state index in [-0.39, 0.29) is 0 Å². The van der Waals surface area contributed by atoms with E-state index in [0.29, 0.717) is 12.5 Å². The smallest absolute Gasteiger partial charge is 0.0479 e. The zero-order valence-electron chi connectivity index (χ0n) is 8.58. The second kappa shape index (κ2) is 4.56. The molecule has 1 aliphatic carbocycles. The van der Waals surface area contributed by atoms with E-state index in [9.17, 15) is 0 Å². The van der Waals surface area contributed by atoms with Crippen LogP contribution in [0.4, 0.5) is 0 Å². The maximum atomic E-state index is 5.72. The van der Waals surface area contributed by atoms with Crippen LogP contribution in [0.5, 0.6) is 0 Å². The number of hydrogen-bond acceptors (Lipinski definition) is 2. The topological polar surface area (TPSA) is 38.9 Å². The lowest BCUT2D eigenvalue weighted by atomic mass is 9.85. The summed E-state index contributed by atoms with van der Waals surface area (Å²) in [5, 5.41) is 0. The minimum absolute atomic E-state index is 0.625. The van der Waals surface area contributed by atoms with Gasteiger partial charge in [-0.3, -0.25) is 4.98 Å². The molecule has 1 fully saturated rings. The van der Waals surface area contributed by atoms with Gasteiger partial charge in [0.15, 0.2) is 0 Å². The normalized spacial score (nSPS) is 18.4. The minimum Gasteiger partial charge on any atom is -0.326 e. The van der Waals surface area contributed by atoms with Crippen molar-refractivity contribution in [2.45, 2.75) is 44.6 Å². The zero-order chi connectivity index (χ0) is 9.80. The number of pyridine rings is 1. The van der Waals surface area contributed by atoms with Crippen molar-refractivity contribution in [2.24, 2.45) is 5.73 Å². The van der Waals surface area contributed by atoms with E-state index in [1.165, 1.54) is 43.4 Å². The molecule has 2 nitrogen and oxygen atoms in total. The van der Waals surface area contributed by atoms with Crippen molar-refractivity contribution in [1.82, 2.24) is 4.98 Å². The van der Waals surface area contributed by atoms with Crippen molar-refractivity contribution in [2.75, 3.05) is 0 Å². The average molecular weight is 190 g/mol. The van der Waals surface area contributed by atoms with Gasteiger partial charge in [-0.05, 0) is 24.5 Å². The standard InChI is InChI=1S/C12H18N2/c13-9-11-7-4-8-14-12(11)10-5-2-1-3-6-10/h4,7-8,10H,1-3,5-6,9,13H2. The van der Waals surface area contributed by atoms with Crippen LogP contribution < -0.4 is 5.73 Å². The summed E-state index contributed by atoms with van der Waals surface area (Å²) in [5.74, 6) is 0.670. The molecule has 0 amide bonds. The van der Waals surface area contributed by atoms with Crippen LogP contribution in [-0.2, 0) is 6.54 Å². The molecule has 1 aromatic heterocycles. The Morgan fingerprint density at radius 1 is 1.29 bits per heavy atom. The van der Waals surface area contributed by atoms with E-state index in [1.807, 2.05) is 12.3 Å². The van der Waals surface area contributed by atoms with Gasteiger partial charge in [-0.15, -0.1) is 0 Å². The second-order valence-corrected chi connectivity index (χ2v) is 4.09. The number of rotatable bonds is 2. The van der Waals surface area contributed by atoms with E-state index < -0.39 is 0 Å². The van der Waals surface area contributed by atoms with Crippen molar-refractivity contribution in [3.05, 3.63) is 29.6 Å². The van der Waals surface area contributed by atoms with E-state index in [1.54, 1.807) is 0 Å². The zero-order valence-corrected chi connectivity index (χ0v) is 8.58. The first kappa shape index (κ1) is 9.66. The van der Waals surface area contributed by atoms with Crippen molar-refractivity contribution in [3.63, 3.8) is 0 Å². The van der Waals surface area contributed by atoms with Gasteiger partial charge in [-0.25, -0.2) is 0 Å². The number of nitrogens with zero attached hydrogens (tertiary/aromatic N) is 1. The lowest BCUT2D eigenvalue weighted by molar-refractivity contribution is 0.434. The molecule has 0 bridgehead atoms. The van der Waals surface area contributed by atoms with Crippen molar-refractivity contribution < 1.29 is 0 Å². The fourth-order valence-corrected chi connectivity index (χ4v) is 2.37. The molecular formula is C12H18N2. The quantitative estimate of drug-likeness (QED) is 0.778. The Kier molecular flexibility index (Phi) is 3.14. The summed E-state index contributed by atoms with van der Waals surface area (Å²) in [4.78, 5) is 4.49. The van der Waals surface area contributed by atoms with E-state index in [2.05, 4.69) is 11.1 Å². The van der Waals surface area contributed by atoms with E-state index >= 15 is 0 Å². The van der Waals surface area contributed by atoms with Crippen molar-refractivity contribution in [1.29, 1.82) is 0 Å². The predicted molar refractivity (Wildman–Crippen MR) is 58.0 cm³/mol. The van der Waals surface area contributed by atoms with Crippen molar-refractivity contribution in [3.8, 4) is 0 Å². The van der Waals surface area contributed by atoms with Gasteiger partial charge in [0.1, 0.15) is 0 Å². The van der Waals surface area contributed by atoms with Gasteiger partial charge in [0.05, 0.1) is 0 Å². The van der Waals surface area contributed by atoms with E-state index in [4.69, 9.17) is 5.73 Å². The molecular weight excluding hydrogens is 172 g/mol. The van der Waals surface area contributed by atoms with Gasteiger partial charge in [-0.2, -0.15) is 0 Å². The lowest BCUT2D eigenvalue weighted by Gasteiger charge is -2.22. The van der Waals surface area contributed by atoms with Gasteiger partial charge >= 0.3 is 0 Å². The van der Waals surface area contributed by atoms with Crippen LogP contribution in [0.25, 0.3) is 0 Å². The molecule has 0 aromatic carbocycles. The second-order valence-electron chi connectivity index (χ2n) is 4.09. The summed E-state index contributed by atoms with van der Waals surface area (Å²) >= 11 is 0. The molecule has 0 aliphatic heterocycles. The summed E-state index contributed by atoms with van der Waals surface area (Å²) in [6.45, 7) is 0.625. The molecule has 0 saturated heterocycles. The van der Waals surface area contributed by atoms with Gasteiger partial charge in [0.25, 0.3) is 0 Å². The highest BCUT2D eigenvalue weighted by Crippen LogP contribution is 2.32. The Hall–Kier alpha value is -0.890. The molecule has 2 heteroatoms. The predicted octanol–water partition coefficient (Wildman–Crippen LogP) is 2.59. The lowest BCUT2D eigenvalue weighted by Crippen LogP contribution is -2.11. The molecule has 0 atom stereocenters. The number of aromatic nitrogens is 1. The van der Waals surface area contributed by atoms with Crippen molar-refractivity contribution >= 4 is 0 Å². The third-order valence-corrected chi connectivity index (χ3v) is 3.14. The van der Waals surface area contributed by atoms with E-state index in [0.717, 1.165) is 0 Å². The number of nitrogens with two attached hydrogens (primary N) is 1. The third-order valence-electron chi connectivity index (χ3n) is 3.14. The molecule has 0 radical (unpaired) electrons. The summed E-state index contributed by atoms with van der Waals surface area (Å²) in [7, 11) is 0. The Morgan fingerprint density at radius 2 is 2.07 bits per heavy atom. The molecule has 1 heterocycles. The molecule has 2 rings (SSSR count). The molecule has 14 heavy (non-hydrogen) atoms. The Balaban J connectivity index is 2.20. The fraction of sp³-hybridized carbons (Fsp3) is 0.583. The molecule has 1 aliphatic rings. The minimum atomic E-state index is 0.625. The third kappa shape index (κ3) is 1.95. The van der Waals surface area contributed by atoms with Crippen LogP contribution in [0, 0.1) is 0 Å². The molecule has 2 N–H and O–H groups in total. The maximum absolute atomic E-state index is 5.72. The molecule has 0 unspecified atom stereocenters.